The zero-order chi connectivity index (χ0) is 20.1. The lowest BCUT2D eigenvalue weighted by Crippen LogP contribution is -2.25. The lowest BCUT2D eigenvalue weighted by atomic mass is 9.68. The first kappa shape index (κ1) is 20.7. The van der Waals surface area contributed by atoms with Crippen molar-refractivity contribution in [2.45, 2.75) is 90.4 Å². The summed E-state index contributed by atoms with van der Waals surface area (Å²) in [6, 6.07) is 18.7. The molecule has 2 saturated carbocycles. The predicted octanol–water partition coefficient (Wildman–Crippen LogP) is 8.80. The van der Waals surface area contributed by atoms with Gasteiger partial charge in [-0.25, -0.2) is 0 Å². The fourth-order valence-corrected chi connectivity index (χ4v) is 6.09. The molecule has 156 valence electrons. The minimum Gasteiger partial charge on any atom is -0.0651 e. The van der Waals surface area contributed by atoms with Crippen molar-refractivity contribution in [2.24, 2.45) is 17.8 Å². The Morgan fingerprint density at radius 2 is 1.14 bits per heavy atom. The van der Waals surface area contributed by atoms with Gasteiger partial charge in [0.2, 0.25) is 0 Å². The minimum absolute atomic E-state index is 0.791. The van der Waals surface area contributed by atoms with Crippen LogP contribution in [0, 0.1) is 17.8 Å². The zero-order valence-electron chi connectivity index (χ0n) is 18.7. The van der Waals surface area contributed by atoms with Crippen molar-refractivity contribution in [3.8, 4) is 11.1 Å². The van der Waals surface area contributed by atoms with Crippen LogP contribution in [0.1, 0.15) is 95.1 Å². The Labute approximate surface area is 179 Å². The molecule has 2 aromatic carbocycles. The molecular formula is C29H40. The topological polar surface area (TPSA) is 0 Å². The molecule has 0 radical (unpaired) electrons. The molecule has 0 nitrogen and oxygen atoms in total. The fourth-order valence-electron chi connectivity index (χ4n) is 6.09. The second-order valence-electron chi connectivity index (χ2n) is 9.87. The van der Waals surface area contributed by atoms with Crippen molar-refractivity contribution in [3.63, 3.8) is 0 Å². The summed E-state index contributed by atoms with van der Waals surface area (Å²) in [5.74, 6) is 3.88. The van der Waals surface area contributed by atoms with E-state index in [9.17, 15) is 0 Å². The van der Waals surface area contributed by atoms with E-state index in [4.69, 9.17) is 0 Å². The molecule has 0 bridgehead atoms. The van der Waals surface area contributed by atoms with Gasteiger partial charge in [0, 0.05) is 0 Å². The second kappa shape index (κ2) is 9.96. The van der Waals surface area contributed by atoms with E-state index < -0.39 is 0 Å². The molecule has 0 N–H and O–H groups in total. The summed E-state index contributed by atoms with van der Waals surface area (Å²) in [6.07, 6.45) is 15.6. The van der Waals surface area contributed by atoms with Crippen LogP contribution in [-0.2, 0) is 6.42 Å². The number of aryl methyl sites for hydroxylation is 1. The van der Waals surface area contributed by atoms with E-state index in [-0.39, 0.29) is 0 Å². The van der Waals surface area contributed by atoms with Crippen LogP contribution in [0.4, 0.5) is 0 Å². The van der Waals surface area contributed by atoms with Crippen molar-refractivity contribution in [1.82, 2.24) is 0 Å². The number of rotatable bonds is 6. The lowest BCUT2D eigenvalue weighted by molar-refractivity contribution is 0.158. The van der Waals surface area contributed by atoms with Gasteiger partial charge in [-0.2, -0.15) is 0 Å². The van der Waals surface area contributed by atoms with Gasteiger partial charge in [-0.1, -0.05) is 88.1 Å². The lowest BCUT2D eigenvalue weighted by Gasteiger charge is -2.38. The maximum atomic E-state index is 2.41. The van der Waals surface area contributed by atoms with Crippen LogP contribution in [0.25, 0.3) is 11.1 Å². The van der Waals surface area contributed by atoms with Gasteiger partial charge in [-0.05, 0) is 90.9 Å². The van der Waals surface area contributed by atoms with E-state index in [1.807, 2.05) is 0 Å². The molecule has 29 heavy (non-hydrogen) atoms. The van der Waals surface area contributed by atoms with Crippen LogP contribution < -0.4 is 0 Å². The number of hydrogen-bond donors (Lipinski definition) is 0. The fraction of sp³-hybridized carbons (Fsp3) is 0.586. The Morgan fingerprint density at radius 3 is 1.66 bits per heavy atom. The molecule has 0 atom stereocenters. The number of hydrogen-bond acceptors (Lipinski definition) is 0. The molecule has 0 aromatic heterocycles. The van der Waals surface area contributed by atoms with Crippen molar-refractivity contribution in [2.75, 3.05) is 0 Å². The standard InChI is InChI=1S/C29H40/c1-3-5-23-8-12-25(13-9-23)27-16-20-29(21-17-27)28-18-14-26(15-19-28)24-10-6-22(4-2)7-11-24/h8-9,12-13,16-17,20-22,24,26,28H,3-7,10-11,14-15,18-19H2,1-2H3. The van der Waals surface area contributed by atoms with E-state index in [2.05, 4.69) is 62.4 Å². The van der Waals surface area contributed by atoms with Crippen molar-refractivity contribution in [3.05, 3.63) is 59.7 Å². The molecule has 0 unspecified atom stereocenters. The molecule has 0 saturated heterocycles. The van der Waals surface area contributed by atoms with E-state index in [0.717, 1.165) is 23.7 Å². The highest BCUT2D eigenvalue weighted by molar-refractivity contribution is 5.64. The van der Waals surface area contributed by atoms with Gasteiger partial charge in [0.25, 0.3) is 0 Å². The van der Waals surface area contributed by atoms with E-state index in [1.165, 1.54) is 87.3 Å². The predicted molar refractivity (Wildman–Crippen MR) is 126 cm³/mol. The van der Waals surface area contributed by atoms with Crippen LogP contribution in [0.15, 0.2) is 48.5 Å². The quantitative estimate of drug-likeness (QED) is 0.464. The smallest absolute Gasteiger partial charge is 0.0162 e. The summed E-state index contributed by atoms with van der Waals surface area (Å²) >= 11 is 0. The Morgan fingerprint density at radius 1 is 0.621 bits per heavy atom. The van der Waals surface area contributed by atoms with Gasteiger partial charge in [0.15, 0.2) is 0 Å². The Balaban J connectivity index is 1.31. The van der Waals surface area contributed by atoms with Crippen LogP contribution >= 0.6 is 0 Å². The summed E-state index contributed by atoms with van der Waals surface area (Å²) in [7, 11) is 0. The Hall–Kier alpha value is -1.56. The first-order valence-corrected chi connectivity index (χ1v) is 12.5. The molecule has 2 aromatic rings. The van der Waals surface area contributed by atoms with Gasteiger partial charge in [-0.3, -0.25) is 0 Å². The average molecular weight is 389 g/mol. The number of benzene rings is 2. The Kier molecular flexibility index (Phi) is 7.11. The van der Waals surface area contributed by atoms with Gasteiger partial charge in [0.05, 0.1) is 0 Å². The maximum absolute atomic E-state index is 2.41. The van der Waals surface area contributed by atoms with Crippen LogP contribution in [0.2, 0.25) is 0 Å². The third-order valence-electron chi connectivity index (χ3n) is 8.12. The van der Waals surface area contributed by atoms with Crippen LogP contribution in [0.3, 0.4) is 0 Å². The normalized spacial score (nSPS) is 27.7. The summed E-state index contributed by atoms with van der Waals surface area (Å²) < 4.78 is 0. The van der Waals surface area contributed by atoms with Gasteiger partial charge >= 0.3 is 0 Å². The third kappa shape index (κ3) is 5.14. The summed E-state index contributed by atoms with van der Waals surface area (Å²) in [5.41, 5.74) is 5.73. The van der Waals surface area contributed by atoms with Gasteiger partial charge in [0.1, 0.15) is 0 Å². The first-order chi connectivity index (χ1) is 14.3. The van der Waals surface area contributed by atoms with Gasteiger partial charge < -0.3 is 0 Å². The summed E-state index contributed by atoms with van der Waals surface area (Å²) in [5, 5.41) is 0. The molecular weight excluding hydrogens is 348 g/mol. The highest BCUT2D eigenvalue weighted by Gasteiger charge is 2.30. The Bertz CT molecular complexity index is 723. The highest BCUT2D eigenvalue weighted by atomic mass is 14.4. The third-order valence-corrected chi connectivity index (χ3v) is 8.12. The molecule has 0 heterocycles. The SMILES string of the molecule is CCCc1ccc(-c2ccc(C3CCC(C4CCC(CC)CC4)CC3)cc2)cc1. The van der Waals surface area contributed by atoms with E-state index >= 15 is 0 Å². The molecule has 0 aliphatic heterocycles. The molecule has 2 aliphatic carbocycles. The van der Waals surface area contributed by atoms with E-state index in [1.54, 1.807) is 5.56 Å². The average Bonchev–Trinajstić information content (AvgIpc) is 2.80. The summed E-state index contributed by atoms with van der Waals surface area (Å²) in [4.78, 5) is 0. The molecule has 0 spiro atoms. The minimum atomic E-state index is 0.791. The molecule has 2 aliphatic rings. The molecule has 0 amide bonds. The molecule has 4 rings (SSSR count). The second-order valence-corrected chi connectivity index (χ2v) is 9.87. The van der Waals surface area contributed by atoms with Crippen molar-refractivity contribution in [1.29, 1.82) is 0 Å². The monoisotopic (exact) mass is 388 g/mol. The van der Waals surface area contributed by atoms with Gasteiger partial charge in [-0.15, -0.1) is 0 Å². The molecule has 2 fully saturated rings. The highest BCUT2D eigenvalue weighted by Crippen LogP contribution is 2.44. The first-order valence-electron chi connectivity index (χ1n) is 12.5. The maximum Gasteiger partial charge on any atom is -0.0162 e. The van der Waals surface area contributed by atoms with Crippen LogP contribution in [-0.4, -0.2) is 0 Å². The molecule has 0 heteroatoms. The summed E-state index contributed by atoms with van der Waals surface area (Å²) in [6.45, 7) is 4.62. The van der Waals surface area contributed by atoms with Crippen LogP contribution in [0.5, 0.6) is 0 Å². The zero-order valence-corrected chi connectivity index (χ0v) is 18.7. The van der Waals surface area contributed by atoms with Crippen molar-refractivity contribution >= 4 is 0 Å². The largest absolute Gasteiger partial charge is 0.0651 e. The van der Waals surface area contributed by atoms with Crippen molar-refractivity contribution < 1.29 is 0 Å². The van der Waals surface area contributed by atoms with E-state index in [0.29, 0.717) is 0 Å².